The molecule has 1 saturated carbocycles. The summed E-state index contributed by atoms with van der Waals surface area (Å²) in [7, 11) is 0. The molecule has 1 aliphatic rings. The summed E-state index contributed by atoms with van der Waals surface area (Å²) in [5, 5.41) is 10.6. The van der Waals surface area contributed by atoms with Crippen LogP contribution in [0.15, 0.2) is 66.7 Å². The molecule has 186 valence electrons. The average Bonchev–Trinajstić information content (AvgIpc) is 2.86. The minimum absolute atomic E-state index is 0.0399. The minimum atomic E-state index is -0.532. The number of hydrogen-bond acceptors (Lipinski definition) is 6. The van der Waals surface area contributed by atoms with E-state index in [0.717, 1.165) is 25.7 Å². The molecule has 3 aromatic carbocycles. The molecule has 1 aliphatic carbocycles. The van der Waals surface area contributed by atoms with Crippen molar-refractivity contribution in [3.05, 3.63) is 83.4 Å². The Hall–Kier alpha value is -4.37. The van der Waals surface area contributed by atoms with Crippen molar-refractivity contribution in [2.75, 3.05) is 0 Å². The Balaban J connectivity index is 1.58. The first-order valence-corrected chi connectivity index (χ1v) is 11.7. The van der Waals surface area contributed by atoms with Crippen LogP contribution in [0.5, 0.6) is 23.0 Å². The fourth-order valence-corrected chi connectivity index (χ4v) is 4.01. The molecule has 36 heavy (non-hydrogen) atoms. The molecule has 0 radical (unpaired) electrons. The predicted octanol–water partition coefficient (Wildman–Crippen LogP) is 3.65. The molecular weight excluding hydrogens is 458 g/mol. The third-order valence-corrected chi connectivity index (χ3v) is 6.02. The average molecular weight is 488 g/mol. The Labute approximate surface area is 209 Å². The first kappa shape index (κ1) is 24.7. The van der Waals surface area contributed by atoms with Crippen molar-refractivity contribution in [1.29, 1.82) is 5.41 Å². The lowest BCUT2D eigenvalue weighted by Crippen LogP contribution is -2.40. The first-order valence-electron chi connectivity index (χ1n) is 11.7. The fourth-order valence-electron chi connectivity index (χ4n) is 4.01. The van der Waals surface area contributed by atoms with Gasteiger partial charge in [0.1, 0.15) is 28.8 Å². The molecular formula is C27H29N5O4. The van der Waals surface area contributed by atoms with E-state index < -0.39 is 5.91 Å². The standard InChI is InChI=1S/C27H29N5O4/c28-19-5-7-20(8-6-19)32-27(34)18-13-23(35-21-9-1-16(2-10-21)25(29)30)15-24(14-18)36-22-11-3-17(4-12-22)26(31)33/h1-4,9-15,19-20H,5-8,28H2,(H3,29,30)(H2,31,33)(H,32,34). The Morgan fingerprint density at radius 1 is 0.722 bits per heavy atom. The SMILES string of the molecule is N=C(N)c1ccc(Oc2cc(Oc3ccc(C(N)=O)cc3)cc(C(=O)NC3CCC(N)CC3)c2)cc1. The number of hydrogen-bond donors (Lipinski definition) is 5. The summed E-state index contributed by atoms with van der Waals surface area (Å²) >= 11 is 0. The van der Waals surface area contributed by atoms with Gasteiger partial charge in [0, 0.05) is 34.8 Å². The lowest BCUT2D eigenvalue weighted by Gasteiger charge is -2.26. The topological polar surface area (TPSA) is 167 Å². The minimum Gasteiger partial charge on any atom is -0.457 e. The molecule has 0 atom stereocenters. The van der Waals surface area contributed by atoms with Crippen molar-refractivity contribution in [3.8, 4) is 23.0 Å². The van der Waals surface area contributed by atoms with Crippen molar-refractivity contribution in [3.63, 3.8) is 0 Å². The van der Waals surface area contributed by atoms with Crippen LogP contribution in [0.2, 0.25) is 0 Å². The number of rotatable bonds is 8. The number of amidine groups is 1. The highest BCUT2D eigenvalue weighted by molar-refractivity contribution is 5.96. The number of carbonyl (C=O) groups is 2. The van der Waals surface area contributed by atoms with Crippen molar-refractivity contribution in [1.82, 2.24) is 5.32 Å². The van der Waals surface area contributed by atoms with E-state index in [2.05, 4.69) is 5.32 Å². The molecule has 0 aliphatic heterocycles. The summed E-state index contributed by atoms with van der Waals surface area (Å²) in [4.78, 5) is 24.4. The van der Waals surface area contributed by atoms with Gasteiger partial charge in [-0.2, -0.15) is 0 Å². The number of amides is 2. The summed E-state index contributed by atoms with van der Waals surface area (Å²) < 4.78 is 12.0. The summed E-state index contributed by atoms with van der Waals surface area (Å²) in [6, 6.07) is 18.3. The number of nitrogen functional groups attached to an aromatic ring is 1. The van der Waals surface area contributed by atoms with E-state index >= 15 is 0 Å². The van der Waals surface area contributed by atoms with Crippen LogP contribution >= 0.6 is 0 Å². The van der Waals surface area contributed by atoms with E-state index in [1.54, 1.807) is 66.7 Å². The Morgan fingerprint density at radius 2 is 1.22 bits per heavy atom. The van der Waals surface area contributed by atoms with Crippen LogP contribution in [-0.2, 0) is 0 Å². The maximum Gasteiger partial charge on any atom is 0.251 e. The van der Waals surface area contributed by atoms with Crippen LogP contribution in [0.3, 0.4) is 0 Å². The second kappa shape index (κ2) is 10.9. The number of carbonyl (C=O) groups excluding carboxylic acids is 2. The quantitative estimate of drug-likeness (QED) is 0.240. The third kappa shape index (κ3) is 6.39. The van der Waals surface area contributed by atoms with Gasteiger partial charge in [-0.3, -0.25) is 15.0 Å². The van der Waals surface area contributed by atoms with Crippen LogP contribution in [-0.4, -0.2) is 29.7 Å². The maximum absolute atomic E-state index is 13.1. The van der Waals surface area contributed by atoms with Crippen molar-refractivity contribution in [2.24, 2.45) is 17.2 Å². The van der Waals surface area contributed by atoms with Gasteiger partial charge in [-0.05, 0) is 86.3 Å². The van der Waals surface area contributed by atoms with Gasteiger partial charge < -0.3 is 32.0 Å². The van der Waals surface area contributed by atoms with Gasteiger partial charge in [-0.15, -0.1) is 0 Å². The van der Waals surface area contributed by atoms with Crippen molar-refractivity contribution in [2.45, 2.75) is 37.8 Å². The smallest absolute Gasteiger partial charge is 0.251 e. The Morgan fingerprint density at radius 3 is 1.69 bits per heavy atom. The fraction of sp³-hybridized carbons (Fsp3) is 0.222. The van der Waals surface area contributed by atoms with Gasteiger partial charge in [-0.1, -0.05) is 0 Å². The van der Waals surface area contributed by atoms with Gasteiger partial charge >= 0.3 is 0 Å². The molecule has 2 amide bonds. The van der Waals surface area contributed by atoms with Crippen LogP contribution in [0.25, 0.3) is 0 Å². The molecule has 4 rings (SSSR count). The number of nitrogens with one attached hydrogen (secondary N) is 2. The molecule has 0 saturated heterocycles. The number of ether oxygens (including phenoxy) is 2. The largest absolute Gasteiger partial charge is 0.457 e. The predicted molar refractivity (Wildman–Crippen MR) is 137 cm³/mol. The lowest BCUT2D eigenvalue weighted by atomic mass is 9.91. The first-order chi connectivity index (χ1) is 17.3. The zero-order chi connectivity index (χ0) is 25.7. The molecule has 0 bridgehead atoms. The molecule has 9 nitrogen and oxygen atoms in total. The van der Waals surface area contributed by atoms with Gasteiger partial charge in [0.2, 0.25) is 5.91 Å². The summed E-state index contributed by atoms with van der Waals surface area (Å²) in [5.41, 5.74) is 18.1. The molecule has 1 fully saturated rings. The van der Waals surface area contributed by atoms with Gasteiger partial charge in [-0.25, -0.2) is 0 Å². The molecule has 9 heteroatoms. The van der Waals surface area contributed by atoms with Gasteiger partial charge in [0.15, 0.2) is 0 Å². The van der Waals surface area contributed by atoms with Crippen LogP contribution in [0.1, 0.15) is 52.0 Å². The second-order valence-corrected chi connectivity index (χ2v) is 8.81. The van der Waals surface area contributed by atoms with Crippen molar-refractivity contribution < 1.29 is 19.1 Å². The zero-order valence-electron chi connectivity index (χ0n) is 19.7. The van der Waals surface area contributed by atoms with Gasteiger partial charge in [0.05, 0.1) is 0 Å². The highest BCUT2D eigenvalue weighted by Crippen LogP contribution is 2.31. The molecule has 0 heterocycles. The second-order valence-electron chi connectivity index (χ2n) is 8.81. The summed E-state index contributed by atoms with van der Waals surface area (Å²) in [6.07, 6.45) is 3.42. The third-order valence-electron chi connectivity index (χ3n) is 6.02. The van der Waals surface area contributed by atoms with E-state index in [4.69, 9.17) is 32.1 Å². The monoisotopic (exact) mass is 487 g/mol. The van der Waals surface area contributed by atoms with E-state index in [-0.39, 0.29) is 23.8 Å². The Kier molecular flexibility index (Phi) is 7.50. The van der Waals surface area contributed by atoms with Crippen LogP contribution in [0, 0.1) is 5.41 Å². The van der Waals surface area contributed by atoms with Gasteiger partial charge in [0.25, 0.3) is 5.91 Å². The van der Waals surface area contributed by atoms with E-state index in [0.29, 0.717) is 39.7 Å². The number of benzene rings is 3. The highest BCUT2D eigenvalue weighted by atomic mass is 16.5. The molecule has 0 spiro atoms. The molecule has 0 unspecified atom stereocenters. The number of nitrogens with two attached hydrogens (primary N) is 3. The Bertz CT molecular complexity index is 1170. The zero-order valence-corrected chi connectivity index (χ0v) is 19.7. The molecule has 0 aromatic heterocycles. The van der Waals surface area contributed by atoms with Crippen LogP contribution < -0.4 is 32.0 Å². The highest BCUT2D eigenvalue weighted by Gasteiger charge is 2.21. The summed E-state index contributed by atoms with van der Waals surface area (Å²) in [5.74, 6) is 0.952. The lowest BCUT2D eigenvalue weighted by molar-refractivity contribution is 0.0924. The molecule has 3 aromatic rings. The number of primary amides is 1. The summed E-state index contributed by atoms with van der Waals surface area (Å²) in [6.45, 7) is 0. The molecule has 8 N–H and O–H groups in total. The van der Waals surface area contributed by atoms with Crippen LogP contribution in [0.4, 0.5) is 0 Å². The van der Waals surface area contributed by atoms with E-state index in [9.17, 15) is 9.59 Å². The maximum atomic E-state index is 13.1. The van der Waals surface area contributed by atoms with E-state index in [1.165, 1.54) is 0 Å². The van der Waals surface area contributed by atoms with E-state index in [1.807, 2.05) is 0 Å². The normalized spacial score (nSPS) is 17.1. The van der Waals surface area contributed by atoms with Crippen molar-refractivity contribution >= 4 is 17.6 Å².